The monoisotopic (exact) mass is 803 g/mol. The zero-order valence-corrected chi connectivity index (χ0v) is 34.1. The molecule has 0 saturated carbocycles. The molecule has 2 aromatic heterocycles. The molecule has 3 heterocycles. The van der Waals surface area contributed by atoms with Crippen LogP contribution in [0.15, 0.2) is 224 Å². The molecule has 0 bridgehead atoms. The van der Waals surface area contributed by atoms with E-state index in [1.165, 1.54) is 22.3 Å². The van der Waals surface area contributed by atoms with E-state index in [0.29, 0.717) is 17.5 Å². The van der Waals surface area contributed by atoms with E-state index < -0.39 is 0 Å². The Labute approximate surface area is 365 Å². The summed E-state index contributed by atoms with van der Waals surface area (Å²) in [4.78, 5) is 20.4. The van der Waals surface area contributed by atoms with E-state index in [1.54, 1.807) is 0 Å². The standard InChI is InChI=1S/C58H37N5/c1-3-15-38(16-4-1)43-20-12-23-46(36-43)56-60-55(40-17-5-2-6-18-40)61-57(62-56)47-24-13-22-45(37-47)44-21-11-19-42(35-44)39-31-33-41(34-32-39)58-59-52-29-14-28-51-49-26-8-7-25-48(49)50-27-9-10-30-53(50)63(58)54(51)52/h1-37H. The Kier molecular flexibility index (Phi) is 8.75. The first-order valence-corrected chi connectivity index (χ1v) is 21.2. The van der Waals surface area contributed by atoms with Crippen molar-refractivity contribution in [2.75, 3.05) is 0 Å². The predicted octanol–water partition coefficient (Wildman–Crippen LogP) is 14.5. The van der Waals surface area contributed by atoms with E-state index in [2.05, 4.69) is 193 Å². The Hall–Kier alpha value is -8.54. The minimum Gasteiger partial charge on any atom is -0.291 e. The van der Waals surface area contributed by atoms with Gasteiger partial charge >= 0.3 is 0 Å². The van der Waals surface area contributed by atoms with Gasteiger partial charge in [-0.05, 0) is 74.8 Å². The largest absolute Gasteiger partial charge is 0.291 e. The summed E-state index contributed by atoms with van der Waals surface area (Å²) in [5.41, 5.74) is 18.6. The van der Waals surface area contributed by atoms with Gasteiger partial charge in [-0.2, -0.15) is 0 Å². The number of rotatable bonds is 7. The van der Waals surface area contributed by atoms with Crippen molar-refractivity contribution in [2.24, 2.45) is 0 Å². The molecule has 0 radical (unpaired) electrons. The van der Waals surface area contributed by atoms with Crippen LogP contribution in [0.5, 0.6) is 0 Å². The topological polar surface area (TPSA) is 56.5 Å². The molecule has 5 nitrogen and oxygen atoms in total. The summed E-state index contributed by atoms with van der Waals surface area (Å²) >= 11 is 0. The highest BCUT2D eigenvalue weighted by Gasteiger charge is 2.25. The Morgan fingerprint density at radius 2 is 0.651 bits per heavy atom. The summed E-state index contributed by atoms with van der Waals surface area (Å²) in [7, 11) is 0. The van der Waals surface area contributed by atoms with Crippen molar-refractivity contribution in [3.8, 4) is 107 Å². The lowest BCUT2D eigenvalue weighted by Crippen LogP contribution is -2.00. The van der Waals surface area contributed by atoms with E-state index in [4.69, 9.17) is 19.9 Å². The van der Waals surface area contributed by atoms with Crippen LogP contribution in [0, 0.1) is 0 Å². The van der Waals surface area contributed by atoms with Gasteiger partial charge in [0.15, 0.2) is 17.5 Å². The van der Waals surface area contributed by atoms with Gasteiger partial charge in [0, 0.05) is 33.4 Å². The molecule has 1 aliphatic rings. The predicted molar refractivity (Wildman–Crippen MR) is 257 cm³/mol. The van der Waals surface area contributed by atoms with E-state index in [9.17, 15) is 0 Å². The Balaban J connectivity index is 0.896. The number of hydrogen-bond acceptors (Lipinski definition) is 4. The molecule has 0 atom stereocenters. The minimum absolute atomic E-state index is 0.623. The van der Waals surface area contributed by atoms with Crippen LogP contribution < -0.4 is 0 Å². The van der Waals surface area contributed by atoms with Crippen molar-refractivity contribution in [2.45, 2.75) is 0 Å². The third-order valence-corrected chi connectivity index (χ3v) is 12.0. The number of fused-ring (bicyclic) bond motifs is 5. The average molecular weight is 804 g/mol. The highest BCUT2D eigenvalue weighted by molar-refractivity contribution is 6.03. The van der Waals surface area contributed by atoms with Crippen molar-refractivity contribution in [3.63, 3.8) is 0 Å². The van der Waals surface area contributed by atoms with Gasteiger partial charge in [-0.15, -0.1) is 0 Å². The second-order valence-corrected chi connectivity index (χ2v) is 15.9. The Bertz CT molecular complexity index is 3500. The molecule has 63 heavy (non-hydrogen) atoms. The number of hydrogen-bond donors (Lipinski definition) is 0. The zero-order chi connectivity index (χ0) is 41.7. The third kappa shape index (κ3) is 6.51. The van der Waals surface area contributed by atoms with Crippen LogP contribution in [0.2, 0.25) is 0 Å². The van der Waals surface area contributed by atoms with Gasteiger partial charge in [-0.25, -0.2) is 19.9 Å². The molecule has 0 saturated heterocycles. The van der Waals surface area contributed by atoms with E-state index in [0.717, 1.165) is 78.2 Å². The molecular formula is C58H37N5. The number of aromatic nitrogens is 5. The average Bonchev–Trinajstić information content (AvgIpc) is 3.71. The molecule has 12 rings (SSSR count). The van der Waals surface area contributed by atoms with E-state index >= 15 is 0 Å². The van der Waals surface area contributed by atoms with Crippen LogP contribution in [0.3, 0.4) is 0 Å². The lowest BCUT2D eigenvalue weighted by Gasteiger charge is -2.13. The minimum atomic E-state index is 0.623. The quantitative estimate of drug-likeness (QED) is 0.161. The summed E-state index contributed by atoms with van der Waals surface area (Å²) in [6, 6.07) is 78.8. The van der Waals surface area contributed by atoms with Crippen molar-refractivity contribution in [3.05, 3.63) is 224 Å². The summed E-state index contributed by atoms with van der Waals surface area (Å²) in [5.74, 6) is 2.81. The summed E-state index contributed by atoms with van der Waals surface area (Å²) in [5, 5.41) is 0. The first-order chi connectivity index (χ1) is 31.2. The van der Waals surface area contributed by atoms with Gasteiger partial charge in [-0.3, -0.25) is 4.57 Å². The molecule has 11 aromatic rings. The Morgan fingerprint density at radius 1 is 0.254 bits per heavy atom. The molecule has 0 unspecified atom stereocenters. The van der Waals surface area contributed by atoms with Gasteiger partial charge in [0.2, 0.25) is 0 Å². The zero-order valence-electron chi connectivity index (χ0n) is 34.1. The first kappa shape index (κ1) is 36.3. The number of nitrogens with zero attached hydrogens (tertiary/aromatic N) is 5. The van der Waals surface area contributed by atoms with Crippen LogP contribution in [0.1, 0.15) is 0 Å². The summed E-state index contributed by atoms with van der Waals surface area (Å²) in [6.45, 7) is 0. The van der Waals surface area contributed by atoms with Gasteiger partial charge in [-0.1, -0.05) is 194 Å². The van der Waals surface area contributed by atoms with Gasteiger partial charge in [0.1, 0.15) is 5.82 Å². The highest BCUT2D eigenvalue weighted by Crippen LogP contribution is 2.45. The fourth-order valence-corrected chi connectivity index (χ4v) is 8.97. The second kappa shape index (κ2) is 15.2. The maximum absolute atomic E-state index is 5.27. The van der Waals surface area contributed by atoms with Gasteiger partial charge in [0.25, 0.3) is 0 Å². The van der Waals surface area contributed by atoms with Crippen LogP contribution in [-0.4, -0.2) is 24.5 Å². The molecule has 0 spiro atoms. The van der Waals surface area contributed by atoms with Crippen molar-refractivity contribution >= 4 is 11.0 Å². The molecule has 5 heteroatoms. The van der Waals surface area contributed by atoms with Crippen molar-refractivity contribution < 1.29 is 0 Å². The molecular weight excluding hydrogens is 767 g/mol. The lowest BCUT2D eigenvalue weighted by atomic mass is 9.94. The van der Waals surface area contributed by atoms with E-state index in [1.807, 2.05) is 36.4 Å². The summed E-state index contributed by atoms with van der Waals surface area (Å²) in [6.07, 6.45) is 0. The maximum Gasteiger partial charge on any atom is 0.164 e. The highest BCUT2D eigenvalue weighted by atomic mass is 15.1. The van der Waals surface area contributed by atoms with Crippen LogP contribution in [0.4, 0.5) is 0 Å². The number of benzene rings is 9. The lowest BCUT2D eigenvalue weighted by molar-refractivity contribution is 1.07. The first-order valence-electron chi connectivity index (χ1n) is 21.2. The Morgan fingerprint density at radius 3 is 1.27 bits per heavy atom. The maximum atomic E-state index is 5.27. The molecule has 0 amide bonds. The van der Waals surface area contributed by atoms with Crippen LogP contribution in [-0.2, 0) is 0 Å². The number of para-hydroxylation sites is 2. The van der Waals surface area contributed by atoms with Gasteiger partial charge < -0.3 is 0 Å². The fourth-order valence-electron chi connectivity index (χ4n) is 8.97. The normalized spacial score (nSPS) is 11.5. The van der Waals surface area contributed by atoms with Crippen molar-refractivity contribution in [1.82, 2.24) is 24.5 Å². The third-order valence-electron chi connectivity index (χ3n) is 12.0. The fraction of sp³-hybridized carbons (Fsp3) is 0. The number of imidazole rings is 1. The molecule has 294 valence electrons. The second-order valence-electron chi connectivity index (χ2n) is 15.9. The van der Waals surface area contributed by atoms with Crippen molar-refractivity contribution in [1.29, 1.82) is 0 Å². The molecule has 9 aromatic carbocycles. The smallest absolute Gasteiger partial charge is 0.164 e. The molecule has 0 aliphatic carbocycles. The van der Waals surface area contributed by atoms with E-state index in [-0.39, 0.29) is 0 Å². The van der Waals surface area contributed by atoms with Gasteiger partial charge in [0.05, 0.1) is 16.7 Å². The van der Waals surface area contributed by atoms with Crippen LogP contribution in [0.25, 0.3) is 118 Å². The SMILES string of the molecule is c1ccc(-c2cccc(-c3nc(-c4ccccc4)nc(-c4cccc(-c5cccc(-c6ccc(-c7nc8cccc9c8n7-c7ccccc7-c7ccccc7-9)cc6)c5)c4)n3)c2)cc1. The van der Waals surface area contributed by atoms with Crippen LogP contribution >= 0.6 is 0 Å². The molecule has 0 fully saturated rings. The molecule has 0 N–H and O–H groups in total. The summed E-state index contributed by atoms with van der Waals surface area (Å²) < 4.78 is 2.35. The molecule has 1 aliphatic heterocycles.